The molecule has 3 rings (SSSR count). The summed E-state index contributed by atoms with van der Waals surface area (Å²) in [7, 11) is -3.72. The van der Waals surface area contributed by atoms with Crippen LogP contribution in [0.5, 0.6) is 17.2 Å². The monoisotopic (exact) mass is 377 g/mol. The first-order valence-corrected chi connectivity index (χ1v) is 10.0. The van der Waals surface area contributed by atoms with Crippen LogP contribution in [0.3, 0.4) is 0 Å². The SMILES string of the molecule is CCCOc1cc(C)c(C)cc1S(=O)(=O)NCc1ccc2c(c1)OCO2. The van der Waals surface area contributed by atoms with Crippen molar-refractivity contribution in [2.45, 2.75) is 38.6 Å². The number of aryl methyl sites for hydroxylation is 2. The van der Waals surface area contributed by atoms with Gasteiger partial charge in [-0.15, -0.1) is 0 Å². The van der Waals surface area contributed by atoms with Crippen molar-refractivity contribution in [1.82, 2.24) is 4.72 Å². The number of fused-ring (bicyclic) bond motifs is 1. The molecule has 0 saturated heterocycles. The topological polar surface area (TPSA) is 73.9 Å². The average Bonchev–Trinajstić information content (AvgIpc) is 3.08. The smallest absolute Gasteiger partial charge is 0.244 e. The second-order valence-electron chi connectivity index (χ2n) is 6.24. The maximum absolute atomic E-state index is 12.8. The molecule has 1 heterocycles. The summed E-state index contributed by atoms with van der Waals surface area (Å²) in [6, 6.07) is 8.80. The van der Waals surface area contributed by atoms with Crippen LogP contribution in [0.2, 0.25) is 0 Å². The van der Waals surface area contributed by atoms with E-state index in [4.69, 9.17) is 14.2 Å². The fraction of sp³-hybridized carbons (Fsp3) is 0.368. The van der Waals surface area contributed by atoms with Crippen LogP contribution in [-0.2, 0) is 16.6 Å². The summed E-state index contributed by atoms with van der Waals surface area (Å²) < 4.78 is 44.6. The molecule has 6 nitrogen and oxygen atoms in total. The minimum Gasteiger partial charge on any atom is -0.492 e. The molecular formula is C19H23NO5S. The molecule has 2 aromatic carbocycles. The first-order chi connectivity index (χ1) is 12.4. The summed E-state index contributed by atoms with van der Waals surface area (Å²) in [4.78, 5) is 0.162. The second-order valence-corrected chi connectivity index (χ2v) is 7.98. The first kappa shape index (κ1) is 18.5. The predicted molar refractivity (Wildman–Crippen MR) is 98.3 cm³/mol. The highest BCUT2D eigenvalue weighted by atomic mass is 32.2. The molecule has 140 valence electrons. The van der Waals surface area contributed by atoms with Gasteiger partial charge in [0.15, 0.2) is 11.5 Å². The van der Waals surface area contributed by atoms with Crippen molar-refractivity contribution >= 4 is 10.0 Å². The average molecular weight is 377 g/mol. The molecule has 0 aromatic heterocycles. The van der Waals surface area contributed by atoms with E-state index in [1.165, 1.54) is 0 Å². The number of hydrogen-bond donors (Lipinski definition) is 1. The molecule has 0 amide bonds. The first-order valence-electron chi connectivity index (χ1n) is 8.53. The lowest BCUT2D eigenvalue weighted by Gasteiger charge is -2.15. The molecule has 0 bridgehead atoms. The molecule has 1 aliphatic heterocycles. The Labute approximate surface area is 154 Å². The molecule has 0 unspecified atom stereocenters. The Morgan fingerprint density at radius 1 is 1.08 bits per heavy atom. The van der Waals surface area contributed by atoms with Gasteiger partial charge in [-0.05, 0) is 61.2 Å². The largest absolute Gasteiger partial charge is 0.492 e. The zero-order valence-corrected chi connectivity index (χ0v) is 16.0. The number of hydrogen-bond acceptors (Lipinski definition) is 5. The normalized spacial score (nSPS) is 13.0. The minimum absolute atomic E-state index is 0.152. The molecule has 7 heteroatoms. The maximum Gasteiger partial charge on any atom is 0.244 e. The Hall–Kier alpha value is -2.25. The molecule has 26 heavy (non-hydrogen) atoms. The third-order valence-electron chi connectivity index (χ3n) is 4.21. The van der Waals surface area contributed by atoms with Crippen LogP contribution in [0, 0.1) is 13.8 Å². The van der Waals surface area contributed by atoms with Crippen molar-refractivity contribution in [2.75, 3.05) is 13.4 Å². The van der Waals surface area contributed by atoms with Gasteiger partial charge in [-0.3, -0.25) is 0 Å². The summed E-state index contributed by atoms with van der Waals surface area (Å²) in [5.41, 5.74) is 2.68. The van der Waals surface area contributed by atoms with Gasteiger partial charge in [-0.25, -0.2) is 13.1 Å². The van der Waals surface area contributed by atoms with Crippen molar-refractivity contribution in [3.8, 4) is 17.2 Å². The Morgan fingerprint density at radius 2 is 1.81 bits per heavy atom. The third kappa shape index (κ3) is 3.94. The van der Waals surface area contributed by atoms with E-state index in [0.717, 1.165) is 23.1 Å². The molecule has 0 radical (unpaired) electrons. The summed E-state index contributed by atoms with van der Waals surface area (Å²) in [5, 5.41) is 0. The molecule has 0 fully saturated rings. The molecule has 1 N–H and O–H groups in total. The fourth-order valence-electron chi connectivity index (χ4n) is 2.61. The molecule has 0 atom stereocenters. The molecule has 0 aliphatic carbocycles. The van der Waals surface area contributed by atoms with Crippen LogP contribution in [0.1, 0.15) is 30.0 Å². The Balaban J connectivity index is 1.82. The van der Waals surface area contributed by atoms with Crippen LogP contribution in [-0.4, -0.2) is 21.8 Å². The van der Waals surface area contributed by atoms with Gasteiger partial charge in [0.1, 0.15) is 10.6 Å². The van der Waals surface area contributed by atoms with E-state index in [-0.39, 0.29) is 18.2 Å². The minimum atomic E-state index is -3.72. The lowest BCUT2D eigenvalue weighted by molar-refractivity contribution is 0.174. The van der Waals surface area contributed by atoms with Crippen LogP contribution < -0.4 is 18.9 Å². The third-order valence-corrected chi connectivity index (χ3v) is 5.64. The van der Waals surface area contributed by atoms with E-state index < -0.39 is 10.0 Å². The Morgan fingerprint density at radius 3 is 2.58 bits per heavy atom. The van der Waals surface area contributed by atoms with Crippen molar-refractivity contribution in [3.05, 3.63) is 47.0 Å². The molecule has 2 aromatic rings. The number of nitrogens with one attached hydrogen (secondary N) is 1. The Bertz CT molecular complexity index is 908. The summed E-state index contributed by atoms with van der Waals surface area (Å²) in [6.45, 7) is 6.60. The predicted octanol–water partition coefficient (Wildman–Crippen LogP) is 3.30. The summed E-state index contributed by atoms with van der Waals surface area (Å²) in [5.74, 6) is 1.68. The maximum atomic E-state index is 12.8. The van der Waals surface area contributed by atoms with E-state index in [9.17, 15) is 8.42 Å². The summed E-state index contributed by atoms with van der Waals surface area (Å²) in [6.07, 6.45) is 0.803. The van der Waals surface area contributed by atoms with Crippen molar-refractivity contribution in [2.24, 2.45) is 0 Å². The fourth-order valence-corrected chi connectivity index (χ4v) is 3.83. The van der Waals surface area contributed by atoms with Crippen LogP contribution in [0.25, 0.3) is 0 Å². The van der Waals surface area contributed by atoms with Gasteiger partial charge in [0.05, 0.1) is 6.61 Å². The zero-order valence-electron chi connectivity index (χ0n) is 15.2. The lowest BCUT2D eigenvalue weighted by Crippen LogP contribution is -2.24. The zero-order chi connectivity index (χ0) is 18.7. The van der Waals surface area contributed by atoms with Gasteiger partial charge in [0, 0.05) is 6.54 Å². The van der Waals surface area contributed by atoms with Gasteiger partial charge < -0.3 is 14.2 Å². The Kier molecular flexibility index (Phi) is 5.38. The van der Waals surface area contributed by atoms with Crippen LogP contribution >= 0.6 is 0 Å². The van der Waals surface area contributed by atoms with Gasteiger partial charge in [0.2, 0.25) is 16.8 Å². The highest BCUT2D eigenvalue weighted by Gasteiger charge is 2.21. The summed E-state index contributed by atoms with van der Waals surface area (Å²) >= 11 is 0. The van der Waals surface area contributed by atoms with E-state index >= 15 is 0 Å². The number of rotatable bonds is 7. The van der Waals surface area contributed by atoms with E-state index in [1.807, 2.05) is 26.8 Å². The highest BCUT2D eigenvalue weighted by molar-refractivity contribution is 7.89. The van der Waals surface area contributed by atoms with E-state index in [2.05, 4.69) is 4.72 Å². The van der Waals surface area contributed by atoms with E-state index in [1.54, 1.807) is 24.3 Å². The highest BCUT2D eigenvalue weighted by Crippen LogP contribution is 2.33. The molecule has 0 spiro atoms. The van der Waals surface area contributed by atoms with Gasteiger partial charge in [0.25, 0.3) is 0 Å². The van der Waals surface area contributed by atoms with Gasteiger partial charge in [-0.1, -0.05) is 13.0 Å². The van der Waals surface area contributed by atoms with Gasteiger partial charge in [-0.2, -0.15) is 0 Å². The van der Waals surface area contributed by atoms with Crippen molar-refractivity contribution in [3.63, 3.8) is 0 Å². The second kappa shape index (κ2) is 7.55. The standard InChI is InChI=1S/C19H23NO5S/c1-4-7-23-18-8-13(2)14(3)9-19(18)26(21,22)20-11-15-5-6-16-17(10-15)25-12-24-16/h5-6,8-10,20H,4,7,11-12H2,1-3H3. The number of benzene rings is 2. The van der Waals surface area contributed by atoms with Gasteiger partial charge >= 0.3 is 0 Å². The van der Waals surface area contributed by atoms with Crippen LogP contribution in [0.15, 0.2) is 35.2 Å². The van der Waals surface area contributed by atoms with Crippen LogP contribution in [0.4, 0.5) is 0 Å². The van der Waals surface area contributed by atoms with Crippen molar-refractivity contribution in [1.29, 1.82) is 0 Å². The molecule has 1 aliphatic rings. The van der Waals surface area contributed by atoms with E-state index in [0.29, 0.717) is 23.9 Å². The quantitative estimate of drug-likeness (QED) is 0.801. The molecular weight excluding hydrogens is 354 g/mol. The number of ether oxygens (including phenoxy) is 3. The molecule has 0 saturated carbocycles. The van der Waals surface area contributed by atoms with Crippen molar-refractivity contribution < 1.29 is 22.6 Å². The number of sulfonamides is 1. The lowest BCUT2D eigenvalue weighted by atomic mass is 10.1.